The Balaban J connectivity index is 1.82. The molecule has 1 aromatic heterocycles. The van der Waals surface area contributed by atoms with Crippen LogP contribution in [0.4, 0.5) is 5.69 Å². The molecule has 1 heterocycles. The molecule has 0 spiro atoms. The van der Waals surface area contributed by atoms with E-state index in [1.165, 1.54) is 24.4 Å². The maximum Gasteiger partial charge on any atom is 0.276 e. The number of rotatable bonds is 5. The van der Waals surface area contributed by atoms with E-state index in [4.69, 9.17) is 0 Å². The molecule has 0 radical (unpaired) electrons. The van der Waals surface area contributed by atoms with Crippen LogP contribution in [0.5, 0.6) is 0 Å². The molecule has 0 unspecified atom stereocenters. The molecule has 8 nitrogen and oxygen atoms in total. The molecule has 0 saturated carbocycles. The molecule has 3 aromatic rings. The highest BCUT2D eigenvalue weighted by Crippen LogP contribution is 2.18. The van der Waals surface area contributed by atoms with Gasteiger partial charge in [-0.3, -0.25) is 10.1 Å². The number of nitrogens with zero attached hydrogens (tertiary/aromatic N) is 2. The van der Waals surface area contributed by atoms with Crippen molar-refractivity contribution in [1.82, 2.24) is 9.82 Å². The number of nitrogens with one attached hydrogen (secondary N) is 2. The second-order valence-electron chi connectivity index (χ2n) is 4.90. The molecule has 0 saturated heterocycles. The topological polar surface area (TPSA) is 117 Å². The van der Waals surface area contributed by atoms with E-state index in [1.807, 2.05) is 29.1 Å². The average molecular weight is 344 g/mol. The first-order valence-corrected chi connectivity index (χ1v) is 8.31. The lowest BCUT2D eigenvalue weighted by atomic mass is 10.2. The van der Waals surface area contributed by atoms with E-state index in [2.05, 4.69) is 10.1 Å². The molecule has 2 N–H and O–H groups in total. The van der Waals surface area contributed by atoms with Crippen LogP contribution in [0.25, 0.3) is 10.9 Å². The number of hydrazone groups is 1. The van der Waals surface area contributed by atoms with Gasteiger partial charge < -0.3 is 4.98 Å². The second kappa shape index (κ2) is 6.13. The van der Waals surface area contributed by atoms with E-state index in [9.17, 15) is 18.5 Å². The lowest BCUT2D eigenvalue weighted by Crippen LogP contribution is -2.18. The van der Waals surface area contributed by atoms with Crippen molar-refractivity contribution in [3.63, 3.8) is 0 Å². The van der Waals surface area contributed by atoms with Crippen molar-refractivity contribution in [2.24, 2.45) is 5.10 Å². The average Bonchev–Trinajstić information content (AvgIpc) is 2.98. The highest BCUT2D eigenvalue weighted by Gasteiger charge is 2.16. The first-order valence-electron chi connectivity index (χ1n) is 6.83. The van der Waals surface area contributed by atoms with Crippen molar-refractivity contribution in [2.75, 3.05) is 0 Å². The van der Waals surface area contributed by atoms with Gasteiger partial charge in [0.05, 0.1) is 16.0 Å². The van der Waals surface area contributed by atoms with E-state index in [1.54, 1.807) is 6.20 Å². The zero-order valence-corrected chi connectivity index (χ0v) is 13.0. The predicted octanol–water partition coefficient (Wildman–Crippen LogP) is 2.39. The lowest BCUT2D eigenvalue weighted by Gasteiger charge is -2.02. The Kier molecular flexibility index (Phi) is 4.00. The maximum atomic E-state index is 12.1. The van der Waals surface area contributed by atoms with Crippen LogP contribution in [-0.2, 0) is 10.0 Å². The SMILES string of the molecule is O=[N+]([O-])c1cccc(S(=O)(=O)N/N=C/c2c[nH]c3ccccc23)c1. The van der Waals surface area contributed by atoms with Crippen LogP contribution in [0.15, 0.2) is 64.7 Å². The Morgan fingerprint density at radius 1 is 1.17 bits per heavy atom. The number of benzene rings is 2. The number of nitro benzene ring substituents is 1. The molecule has 0 fully saturated rings. The summed E-state index contributed by atoms with van der Waals surface area (Å²) in [5.41, 5.74) is 1.31. The van der Waals surface area contributed by atoms with Crippen LogP contribution >= 0.6 is 0 Å². The molecule has 0 amide bonds. The van der Waals surface area contributed by atoms with E-state index in [0.29, 0.717) is 5.56 Å². The van der Waals surface area contributed by atoms with Crippen LogP contribution in [0, 0.1) is 10.1 Å². The first-order chi connectivity index (χ1) is 11.5. The van der Waals surface area contributed by atoms with Gasteiger partial charge in [0.1, 0.15) is 0 Å². The molecule has 9 heteroatoms. The molecule has 0 aliphatic heterocycles. The number of para-hydroxylation sites is 1. The van der Waals surface area contributed by atoms with Gasteiger partial charge in [-0.25, -0.2) is 4.83 Å². The van der Waals surface area contributed by atoms with Gasteiger partial charge in [-0.2, -0.15) is 13.5 Å². The fourth-order valence-corrected chi connectivity index (χ4v) is 3.01. The zero-order chi connectivity index (χ0) is 17.2. The largest absolute Gasteiger partial charge is 0.361 e. The number of fused-ring (bicyclic) bond motifs is 1. The molecule has 2 aromatic carbocycles. The van der Waals surface area contributed by atoms with Crippen molar-refractivity contribution >= 4 is 32.8 Å². The Morgan fingerprint density at radius 2 is 1.96 bits per heavy atom. The number of hydrogen-bond donors (Lipinski definition) is 2. The standard InChI is InChI=1S/C15H12N4O4S/c20-19(21)12-4-3-5-13(8-12)24(22,23)18-17-10-11-9-16-15-7-2-1-6-14(11)15/h1-10,16,18H/b17-10+. The number of aromatic nitrogens is 1. The van der Waals surface area contributed by atoms with Gasteiger partial charge in [0.15, 0.2) is 0 Å². The number of hydrogen-bond acceptors (Lipinski definition) is 5. The van der Waals surface area contributed by atoms with E-state index < -0.39 is 14.9 Å². The summed E-state index contributed by atoms with van der Waals surface area (Å²) in [6, 6.07) is 12.3. The van der Waals surface area contributed by atoms with Crippen molar-refractivity contribution in [3.05, 3.63) is 70.4 Å². The zero-order valence-electron chi connectivity index (χ0n) is 12.2. The third-order valence-corrected chi connectivity index (χ3v) is 4.56. The van der Waals surface area contributed by atoms with Gasteiger partial charge in [-0.15, -0.1) is 0 Å². The van der Waals surface area contributed by atoms with Gasteiger partial charge in [-0.05, 0) is 12.1 Å². The van der Waals surface area contributed by atoms with Crippen molar-refractivity contribution in [2.45, 2.75) is 4.90 Å². The summed E-state index contributed by atoms with van der Waals surface area (Å²) in [6.07, 6.45) is 3.07. The summed E-state index contributed by atoms with van der Waals surface area (Å²) >= 11 is 0. The molecule has 0 aliphatic rings. The Labute approximate surface area is 137 Å². The Hall–Kier alpha value is -3.20. The van der Waals surface area contributed by atoms with E-state index in [-0.39, 0.29) is 10.6 Å². The number of H-pyrrole nitrogens is 1. The molecule has 24 heavy (non-hydrogen) atoms. The van der Waals surface area contributed by atoms with Crippen LogP contribution in [0.3, 0.4) is 0 Å². The number of non-ortho nitro benzene ring substituents is 1. The summed E-state index contributed by atoms with van der Waals surface area (Å²) in [4.78, 5) is 14.9. The molecule has 3 rings (SSSR count). The van der Waals surface area contributed by atoms with Crippen molar-refractivity contribution < 1.29 is 13.3 Å². The van der Waals surface area contributed by atoms with Crippen molar-refractivity contribution in [1.29, 1.82) is 0 Å². The van der Waals surface area contributed by atoms with Gasteiger partial charge >= 0.3 is 0 Å². The quantitative estimate of drug-likeness (QED) is 0.420. The number of aromatic amines is 1. The minimum Gasteiger partial charge on any atom is -0.361 e. The van der Waals surface area contributed by atoms with E-state index >= 15 is 0 Å². The summed E-state index contributed by atoms with van der Waals surface area (Å²) in [6.45, 7) is 0. The van der Waals surface area contributed by atoms with Gasteiger partial charge in [0.25, 0.3) is 15.7 Å². The monoisotopic (exact) mass is 344 g/mol. The normalized spacial score (nSPS) is 11.8. The van der Waals surface area contributed by atoms with Gasteiger partial charge in [0.2, 0.25) is 0 Å². The summed E-state index contributed by atoms with van der Waals surface area (Å²) in [7, 11) is -3.99. The molecular formula is C15H12N4O4S. The molecule has 0 atom stereocenters. The maximum absolute atomic E-state index is 12.1. The lowest BCUT2D eigenvalue weighted by molar-refractivity contribution is -0.385. The van der Waals surface area contributed by atoms with Crippen LogP contribution in [0.2, 0.25) is 0 Å². The Bertz CT molecular complexity index is 1040. The minimum atomic E-state index is -3.99. The Morgan fingerprint density at radius 3 is 2.75 bits per heavy atom. The third-order valence-electron chi connectivity index (χ3n) is 3.34. The first kappa shape index (κ1) is 15.7. The number of sulfonamides is 1. The fraction of sp³-hybridized carbons (Fsp3) is 0. The molecule has 0 bridgehead atoms. The molecular weight excluding hydrogens is 332 g/mol. The highest BCUT2D eigenvalue weighted by atomic mass is 32.2. The third kappa shape index (κ3) is 3.10. The predicted molar refractivity (Wildman–Crippen MR) is 89.3 cm³/mol. The summed E-state index contributed by atoms with van der Waals surface area (Å²) in [5, 5.41) is 15.4. The van der Waals surface area contributed by atoms with Gasteiger partial charge in [0, 0.05) is 34.8 Å². The van der Waals surface area contributed by atoms with Crippen LogP contribution in [-0.4, -0.2) is 24.5 Å². The summed E-state index contributed by atoms with van der Waals surface area (Å²) in [5.74, 6) is 0. The fourth-order valence-electron chi connectivity index (χ4n) is 2.18. The second-order valence-corrected chi connectivity index (χ2v) is 6.56. The van der Waals surface area contributed by atoms with Crippen LogP contribution < -0.4 is 4.83 Å². The smallest absolute Gasteiger partial charge is 0.276 e. The number of nitro groups is 1. The van der Waals surface area contributed by atoms with Crippen molar-refractivity contribution in [3.8, 4) is 0 Å². The highest BCUT2D eigenvalue weighted by molar-refractivity contribution is 7.89. The van der Waals surface area contributed by atoms with Crippen LogP contribution in [0.1, 0.15) is 5.56 Å². The molecule has 0 aliphatic carbocycles. The molecule has 122 valence electrons. The minimum absolute atomic E-state index is 0.229. The van der Waals surface area contributed by atoms with Gasteiger partial charge in [-0.1, -0.05) is 24.3 Å². The summed E-state index contributed by atoms with van der Waals surface area (Å²) < 4.78 is 24.3. The van der Waals surface area contributed by atoms with E-state index in [0.717, 1.165) is 17.0 Å².